The lowest BCUT2D eigenvalue weighted by atomic mass is 9.76. The highest BCUT2D eigenvalue weighted by Crippen LogP contribution is 2.37. The Kier molecular flexibility index (Phi) is 6.59. The number of rotatable bonds is 2. The van der Waals surface area contributed by atoms with E-state index in [4.69, 9.17) is 0 Å². The minimum absolute atomic E-state index is 0.651. The van der Waals surface area contributed by atoms with Crippen LogP contribution >= 0.6 is 0 Å². The Morgan fingerprint density at radius 2 is 1.35 bits per heavy atom. The van der Waals surface area contributed by atoms with Crippen LogP contribution in [0.3, 0.4) is 0 Å². The number of hydrogen-bond acceptors (Lipinski definition) is 0. The van der Waals surface area contributed by atoms with Gasteiger partial charge in [0.05, 0.1) is 0 Å². The van der Waals surface area contributed by atoms with Crippen LogP contribution in [0.15, 0.2) is 0 Å². The molecule has 0 aromatic carbocycles. The van der Waals surface area contributed by atoms with Crippen molar-refractivity contribution in [2.75, 3.05) is 0 Å². The van der Waals surface area contributed by atoms with Crippen molar-refractivity contribution in [1.29, 1.82) is 0 Å². The van der Waals surface area contributed by atoms with Crippen LogP contribution in [-0.4, -0.2) is 0 Å². The van der Waals surface area contributed by atoms with E-state index in [1.807, 2.05) is 0 Å². The second kappa shape index (κ2) is 7.44. The van der Waals surface area contributed by atoms with Gasteiger partial charge in [-0.1, -0.05) is 72.6 Å². The minimum atomic E-state index is 0.651. The molecule has 0 heteroatoms. The Morgan fingerprint density at radius 3 is 1.76 bits per heavy atom. The van der Waals surface area contributed by atoms with Gasteiger partial charge in [0.25, 0.3) is 0 Å². The highest BCUT2D eigenvalue weighted by Gasteiger charge is 2.23. The van der Waals surface area contributed by atoms with Crippen LogP contribution in [0.25, 0.3) is 0 Å². The predicted octanol–water partition coefficient (Wildman–Crippen LogP) is 6.20. The van der Waals surface area contributed by atoms with Gasteiger partial charge in [0, 0.05) is 0 Å². The van der Waals surface area contributed by atoms with Crippen LogP contribution in [0, 0.1) is 17.3 Å². The molecule has 2 atom stereocenters. The van der Waals surface area contributed by atoms with Gasteiger partial charge in [-0.15, -0.1) is 0 Å². The van der Waals surface area contributed by atoms with E-state index < -0.39 is 0 Å². The third-order valence-corrected chi connectivity index (χ3v) is 4.96. The van der Waals surface area contributed by atoms with E-state index in [0.717, 1.165) is 11.8 Å². The molecule has 17 heavy (non-hydrogen) atoms. The molecular formula is C17H34. The molecule has 0 bridgehead atoms. The molecule has 0 aromatic heterocycles. The average Bonchev–Trinajstić information content (AvgIpc) is 2.28. The van der Waals surface area contributed by atoms with Crippen molar-refractivity contribution in [3.8, 4) is 0 Å². The van der Waals surface area contributed by atoms with Gasteiger partial charge in [0.15, 0.2) is 0 Å². The van der Waals surface area contributed by atoms with Crippen LogP contribution in [-0.2, 0) is 0 Å². The predicted molar refractivity (Wildman–Crippen MR) is 78.3 cm³/mol. The summed E-state index contributed by atoms with van der Waals surface area (Å²) in [5.41, 5.74) is 0.651. The Labute approximate surface area is 110 Å². The SMILES string of the molecule is CCCC1(C)CCCC(C)CCC(C)CCC1. The fraction of sp³-hybridized carbons (Fsp3) is 1.00. The van der Waals surface area contributed by atoms with Crippen molar-refractivity contribution in [1.82, 2.24) is 0 Å². The second-order valence-electron chi connectivity index (χ2n) is 7.13. The molecule has 1 aliphatic carbocycles. The maximum atomic E-state index is 2.55. The van der Waals surface area contributed by atoms with Gasteiger partial charge in [-0.3, -0.25) is 0 Å². The van der Waals surface area contributed by atoms with Gasteiger partial charge in [-0.05, 0) is 36.5 Å². The lowest BCUT2D eigenvalue weighted by molar-refractivity contribution is 0.225. The van der Waals surface area contributed by atoms with E-state index in [1.54, 1.807) is 0 Å². The summed E-state index contributed by atoms with van der Waals surface area (Å²) in [4.78, 5) is 0. The molecule has 2 unspecified atom stereocenters. The van der Waals surface area contributed by atoms with E-state index in [2.05, 4.69) is 27.7 Å². The molecular weight excluding hydrogens is 204 g/mol. The lowest BCUT2D eigenvalue weighted by Crippen LogP contribution is -2.16. The van der Waals surface area contributed by atoms with E-state index >= 15 is 0 Å². The molecule has 0 radical (unpaired) electrons. The summed E-state index contributed by atoms with van der Waals surface area (Å²) < 4.78 is 0. The first-order valence-corrected chi connectivity index (χ1v) is 8.06. The van der Waals surface area contributed by atoms with Crippen molar-refractivity contribution < 1.29 is 0 Å². The first-order valence-electron chi connectivity index (χ1n) is 8.06. The highest BCUT2D eigenvalue weighted by atomic mass is 14.3. The summed E-state index contributed by atoms with van der Waals surface area (Å²) in [6, 6.07) is 0. The van der Waals surface area contributed by atoms with E-state index in [0.29, 0.717) is 5.41 Å². The van der Waals surface area contributed by atoms with Crippen molar-refractivity contribution in [3.63, 3.8) is 0 Å². The van der Waals surface area contributed by atoms with Crippen molar-refractivity contribution in [3.05, 3.63) is 0 Å². The highest BCUT2D eigenvalue weighted by molar-refractivity contribution is 4.76. The fourth-order valence-corrected chi connectivity index (χ4v) is 3.59. The Morgan fingerprint density at radius 1 is 0.882 bits per heavy atom. The van der Waals surface area contributed by atoms with Crippen molar-refractivity contribution in [2.45, 2.75) is 91.9 Å². The number of hydrogen-bond donors (Lipinski definition) is 0. The largest absolute Gasteiger partial charge is 0.0654 e. The molecule has 1 aliphatic rings. The monoisotopic (exact) mass is 238 g/mol. The first kappa shape index (κ1) is 15.1. The topological polar surface area (TPSA) is 0 Å². The molecule has 0 N–H and O–H groups in total. The van der Waals surface area contributed by atoms with Gasteiger partial charge in [-0.25, -0.2) is 0 Å². The van der Waals surface area contributed by atoms with Gasteiger partial charge >= 0.3 is 0 Å². The summed E-state index contributed by atoms with van der Waals surface area (Å²) in [7, 11) is 0. The molecule has 1 saturated carbocycles. The van der Waals surface area contributed by atoms with Crippen LogP contribution in [0.1, 0.15) is 91.9 Å². The van der Waals surface area contributed by atoms with E-state index in [1.165, 1.54) is 64.2 Å². The molecule has 0 spiro atoms. The molecule has 0 aromatic rings. The summed E-state index contributed by atoms with van der Waals surface area (Å²) >= 11 is 0. The van der Waals surface area contributed by atoms with Gasteiger partial charge in [0.1, 0.15) is 0 Å². The second-order valence-corrected chi connectivity index (χ2v) is 7.13. The third-order valence-electron chi connectivity index (χ3n) is 4.96. The molecule has 0 aliphatic heterocycles. The van der Waals surface area contributed by atoms with Gasteiger partial charge in [-0.2, -0.15) is 0 Å². The van der Waals surface area contributed by atoms with Crippen LogP contribution in [0.4, 0.5) is 0 Å². The van der Waals surface area contributed by atoms with Crippen LogP contribution in [0.5, 0.6) is 0 Å². The van der Waals surface area contributed by atoms with E-state index in [9.17, 15) is 0 Å². The quantitative estimate of drug-likeness (QED) is 0.537. The zero-order valence-corrected chi connectivity index (χ0v) is 12.7. The summed E-state index contributed by atoms with van der Waals surface area (Å²) in [5.74, 6) is 1.92. The zero-order valence-electron chi connectivity index (χ0n) is 12.7. The summed E-state index contributed by atoms with van der Waals surface area (Å²) in [6.07, 6.45) is 14.5. The maximum absolute atomic E-state index is 2.55. The molecule has 0 heterocycles. The van der Waals surface area contributed by atoms with Crippen molar-refractivity contribution in [2.24, 2.45) is 17.3 Å². The molecule has 0 nitrogen and oxygen atoms in total. The molecule has 1 rings (SSSR count). The van der Waals surface area contributed by atoms with Crippen molar-refractivity contribution >= 4 is 0 Å². The zero-order chi connectivity index (χ0) is 12.7. The van der Waals surface area contributed by atoms with Crippen LogP contribution in [0.2, 0.25) is 0 Å². The molecule has 102 valence electrons. The maximum Gasteiger partial charge on any atom is -0.0326 e. The fourth-order valence-electron chi connectivity index (χ4n) is 3.59. The standard InChI is InChI=1S/C17H34/c1-5-12-17(4)13-6-8-15(2)10-11-16(3)9-7-14-17/h15-16H,5-14H2,1-4H3. The normalized spacial score (nSPS) is 37.4. The lowest BCUT2D eigenvalue weighted by Gasteiger charge is -2.30. The molecule has 0 saturated heterocycles. The first-order chi connectivity index (χ1) is 8.06. The third kappa shape index (κ3) is 5.93. The smallest absolute Gasteiger partial charge is 0.0326 e. The minimum Gasteiger partial charge on any atom is -0.0654 e. The summed E-state index contributed by atoms with van der Waals surface area (Å²) in [5, 5.41) is 0. The van der Waals surface area contributed by atoms with E-state index in [-0.39, 0.29) is 0 Å². The van der Waals surface area contributed by atoms with Gasteiger partial charge in [0.2, 0.25) is 0 Å². The average molecular weight is 238 g/mol. The molecule has 0 amide bonds. The Bertz CT molecular complexity index is 178. The summed E-state index contributed by atoms with van der Waals surface area (Å²) in [6.45, 7) is 9.81. The Balaban J connectivity index is 2.52. The Hall–Kier alpha value is 0. The molecule has 1 fully saturated rings. The van der Waals surface area contributed by atoms with Gasteiger partial charge < -0.3 is 0 Å². The van der Waals surface area contributed by atoms with Crippen LogP contribution < -0.4 is 0 Å².